The SMILES string of the molecule is CNC(=O)C(C)N(Cc1ccc(OC)cc1)C(=O)CCc1cccc2ccccc12. The van der Waals surface area contributed by atoms with Gasteiger partial charge in [-0.05, 0) is 47.4 Å². The molecule has 1 N–H and O–H groups in total. The van der Waals surface area contributed by atoms with Crippen LogP contribution in [0.1, 0.15) is 24.5 Å². The van der Waals surface area contributed by atoms with Crippen molar-refractivity contribution in [3.05, 3.63) is 77.9 Å². The fraction of sp³-hybridized carbons (Fsp3) is 0.280. The highest BCUT2D eigenvalue weighted by Crippen LogP contribution is 2.21. The Labute approximate surface area is 177 Å². The molecule has 1 unspecified atom stereocenters. The minimum atomic E-state index is -0.558. The molecule has 0 spiro atoms. The summed E-state index contributed by atoms with van der Waals surface area (Å²) in [7, 11) is 3.21. The molecule has 3 rings (SSSR count). The molecule has 0 fully saturated rings. The monoisotopic (exact) mass is 404 g/mol. The van der Waals surface area contributed by atoms with Crippen LogP contribution in [0.3, 0.4) is 0 Å². The number of amides is 2. The zero-order chi connectivity index (χ0) is 21.5. The summed E-state index contributed by atoms with van der Waals surface area (Å²) in [6, 6.07) is 21.3. The third kappa shape index (κ3) is 4.98. The number of carbonyl (C=O) groups excluding carboxylic acids is 2. The number of nitrogens with one attached hydrogen (secondary N) is 1. The van der Waals surface area contributed by atoms with Gasteiger partial charge in [-0.1, -0.05) is 54.6 Å². The van der Waals surface area contributed by atoms with Crippen LogP contribution in [-0.4, -0.2) is 36.9 Å². The Bertz CT molecular complexity index is 1010. The van der Waals surface area contributed by atoms with Gasteiger partial charge >= 0.3 is 0 Å². The largest absolute Gasteiger partial charge is 0.497 e. The van der Waals surface area contributed by atoms with E-state index in [4.69, 9.17) is 4.74 Å². The highest BCUT2D eigenvalue weighted by molar-refractivity contribution is 5.88. The second-order valence-corrected chi connectivity index (χ2v) is 7.30. The molecule has 0 saturated carbocycles. The molecule has 0 bridgehead atoms. The van der Waals surface area contributed by atoms with Gasteiger partial charge in [0, 0.05) is 20.0 Å². The lowest BCUT2D eigenvalue weighted by Crippen LogP contribution is -2.46. The van der Waals surface area contributed by atoms with Crippen molar-refractivity contribution >= 4 is 22.6 Å². The van der Waals surface area contributed by atoms with E-state index in [9.17, 15) is 9.59 Å². The third-order valence-corrected chi connectivity index (χ3v) is 5.41. The summed E-state index contributed by atoms with van der Waals surface area (Å²) >= 11 is 0. The number of hydrogen-bond donors (Lipinski definition) is 1. The van der Waals surface area contributed by atoms with E-state index in [1.807, 2.05) is 42.5 Å². The first-order valence-electron chi connectivity index (χ1n) is 10.1. The van der Waals surface area contributed by atoms with Gasteiger partial charge < -0.3 is 15.0 Å². The molecule has 30 heavy (non-hydrogen) atoms. The number of carbonyl (C=O) groups is 2. The van der Waals surface area contributed by atoms with Crippen molar-refractivity contribution in [2.24, 2.45) is 0 Å². The van der Waals surface area contributed by atoms with Crippen LogP contribution in [0.15, 0.2) is 66.7 Å². The van der Waals surface area contributed by atoms with Crippen LogP contribution < -0.4 is 10.1 Å². The van der Waals surface area contributed by atoms with Gasteiger partial charge in [-0.25, -0.2) is 0 Å². The molecular formula is C25H28N2O3. The molecule has 2 amide bonds. The van der Waals surface area contributed by atoms with Crippen LogP contribution in [0.25, 0.3) is 10.8 Å². The van der Waals surface area contributed by atoms with E-state index >= 15 is 0 Å². The summed E-state index contributed by atoms with van der Waals surface area (Å²) in [6.07, 6.45) is 0.964. The molecule has 156 valence electrons. The van der Waals surface area contributed by atoms with Crippen LogP contribution in [0.4, 0.5) is 0 Å². The summed E-state index contributed by atoms with van der Waals surface area (Å²) in [5.41, 5.74) is 2.09. The smallest absolute Gasteiger partial charge is 0.242 e. The van der Waals surface area contributed by atoms with Gasteiger partial charge in [0.1, 0.15) is 11.8 Å². The molecule has 0 aliphatic heterocycles. The zero-order valence-electron chi connectivity index (χ0n) is 17.7. The van der Waals surface area contributed by atoms with Crippen LogP contribution in [0, 0.1) is 0 Å². The summed E-state index contributed by atoms with van der Waals surface area (Å²) < 4.78 is 5.20. The maximum atomic E-state index is 13.2. The van der Waals surface area contributed by atoms with E-state index in [2.05, 4.69) is 29.6 Å². The Balaban J connectivity index is 1.77. The summed E-state index contributed by atoms with van der Waals surface area (Å²) in [5, 5.41) is 4.97. The molecule has 0 aliphatic carbocycles. The van der Waals surface area contributed by atoms with E-state index < -0.39 is 6.04 Å². The molecule has 0 aliphatic rings. The van der Waals surface area contributed by atoms with Gasteiger partial charge in [0.05, 0.1) is 7.11 Å². The molecule has 0 saturated heterocycles. The van der Waals surface area contributed by atoms with Gasteiger partial charge in [0.15, 0.2) is 0 Å². The van der Waals surface area contributed by atoms with Crippen LogP contribution >= 0.6 is 0 Å². The van der Waals surface area contributed by atoms with Crippen molar-refractivity contribution in [3.8, 4) is 5.75 Å². The molecule has 3 aromatic carbocycles. The van der Waals surface area contributed by atoms with Crippen molar-refractivity contribution in [3.63, 3.8) is 0 Å². The number of methoxy groups -OCH3 is 1. The molecule has 5 heteroatoms. The maximum Gasteiger partial charge on any atom is 0.242 e. The Morgan fingerprint density at radius 1 is 1.00 bits per heavy atom. The molecule has 0 aromatic heterocycles. The van der Waals surface area contributed by atoms with Crippen molar-refractivity contribution in [2.45, 2.75) is 32.4 Å². The number of likely N-dealkylation sites (N-methyl/N-ethyl adjacent to an activating group) is 1. The second kappa shape index (κ2) is 9.92. The lowest BCUT2D eigenvalue weighted by atomic mass is 10.0. The first-order chi connectivity index (χ1) is 14.5. The topological polar surface area (TPSA) is 58.6 Å². The Hall–Kier alpha value is -3.34. The minimum absolute atomic E-state index is 0.0464. The number of fused-ring (bicyclic) bond motifs is 1. The van der Waals surface area contributed by atoms with Crippen molar-refractivity contribution in [1.82, 2.24) is 10.2 Å². The first-order valence-corrected chi connectivity index (χ1v) is 10.1. The number of hydrogen-bond acceptors (Lipinski definition) is 3. The van der Waals surface area contributed by atoms with Gasteiger partial charge in [0.2, 0.25) is 11.8 Å². The quantitative estimate of drug-likeness (QED) is 0.619. The van der Waals surface area contributed by atoms with E-state index in [1.54, 1.807) is 26.0 Å². The summed E-state index contributed by atoms with van der Waals surface area (Å²) in [6.45, 7) is 2.13. The lowest BCUT2D eigenvalue weighted by molar-refractivity contribution is -0.140. The van der Waals surface area contributed by atoms with E-state index in [1.165, 1.54) is 0 Å². The number of aryl methyl sites for hydroxylation is 1. The van der Waals surface area contributed by atoms with E-state index in [0.717, 1.165) is 27.6 Å². The highest BCUT2D eigenvalue weighted by atomic mass is 16.5. The Morgan fingerprint density at radius 3 is 2.40 bits per heavy atom. The van der Waals surface area contributed by atoms with Gasteiger partial charge in [-0.2, -0.15) is 0 Å². The van der Waals surface area contributed by atoms with Crippen molar-refractivity contribution in [2.75, 3.05) is 14.2 Å². The van der Waals surface area contributed by atoms with Gasteiger partial charge in [0.25, 0.3) is 0 Å². The van der Waals surface area contributed by atoms with Crippen LogP contribution in [-0.2, 0) is 22.6 Å². The van der Waals surface area contributed by atoms with Crippen molar-refractivity contribution < 1.29 is 14.3 Å². The van der Waals surface area contributed by atoms with Gasteiger partial charge in [-0.3, -0.25) is 9.59 Å². The normalized spacial score (nSPS) is 11.7. The number of ether oxygens (including phenoxy) is 1. The van der Waals surface area contributed by atoms with Gasteiger partial charge in [-0.15, -0.1) is 0 Å². The average molecular weight is 405 g/mol. The predicted octanol–water partition coefficient (Wildman–Crippen LogP) is 3.94. The standard InChI is InChI=1S/C25H28N2O3/c1-18(25(29)26-2)27(17-19-11-14-22(30-3)15-12-19)24(28)16-13-21-9-6-8-20-7-4-5-10-23(20)21/h4-12,14-15,18H,13,16-17H2,1-3H3,(H,26,29). The fourth-order valence-corrected chi connectivity index (χ4v) is 3.61. The summed E-state index contributed by atoms with van der Waals surface area (Å²) in [4.78, 5) is 27.1. The number of benzene rings is 3. The Kier molecular flexibility index (Phi) is 7.07. The first kappa shape index (κ1) is 21.4. The maximum absolute atomic E-state index is 13.2. The Morgan fingerprint density at radius 2 is 1.70 bits per heavy atom. The zero-order valence-corrected chi connectivity index (χ0v) is 17.7. The number of nitrogens with zero attached hydrogens (tertiary/aromatic N) is 1. The van der Waals surface area contributed by atoms with Crippen LogP contribution in [0.2, 0.25) is 0 Å². The predicted molar refractivity (Wildman–Crippen MR) is 119 cm³/mol. The van der Waals surface area contributed by atoms with Crippen LogP contribution in [0.5, 0.6) is 5.75 Å². The van der Waals surface area contributed by atoms with E-state index in [0.29, 0.717) is 19.4 Å². The highest BCUT2D eigenvalue weighted by Gasteiger charge is 2.25. The molecular weight excluding hydrogens is 376 g/mol. The van der Waals surface area contributed by atoms with E-state index in [-0.39, 0.29) is 11.8 Å². The molecule has 0 heterocycles. The minimum Gasteiger partial charge on any atom is -0.497 e. The molecule has 3 aromatic rings. The fourth-order valence-electron chi connectivity index (χ4n) is 3.61. The lowest BCUT2D eigenvalue weighted by Gasteiger charge is -2.28. The molecule has 5 nitrogen and oxygen atoms in total. The number of rotatable bonds is 8. The molecule has 0 radical (unpaired) electrons. The molecule has 1 atom stereocenters. The second-order valence-electron chi connectivity index (χ2n) is 7.30. The summed E-state index contributed by atoms with van der Waals surface area (Å²) in [5.74, 6) is 0.531. The average Bonchev–Trinajstić information content (AvgIpc) is 2.80. The van der Waals surface area contributed by atoms with Crippen molar-refractivity contribution in [1.29, 1.82) is 0 Å². The third-order valence-electron chi connectivity index (χ3n) is 5.41.